The lowest BCUT2D eigenvalue weighted by Crippen LogP contribution is -2.35. The molecule has 1 amide bonds. The molecule has 130 valence electrons. The summed E-state index contributed by atoms with van der Waals surface area (Å²) in [5.41, 5.74) is 0.253. The Balaban J connectivity index is 1.85. The molecule has 0 saturated carbocycles. The molecule has 3 heterocycles. The number of anilines is 1. The van der Waals surface area contributed by atoms with E-state index in [-0.39, 0.29) is 5.91 Å². The van der Waals surface area contributed by atoms with Crippen molar-refractivity contribution in [2.45, 2.75) is 19.4 Å². The highest BCUT2D eigenvalue weighted by Gasteiger charge is 2.30. The molecular formula is C16H17N5O3S. The van der Waals surface area contributed by atoms with Gasteiger partial charge in [0.15, 0.2) is 5.54 Å². The molecule has 0 spiro atoms. The molecule has 0 atom stereocenters. The number of carbonyl (C=O) groups excluding carboxylic acids is 1. The second-order valence-electron chi connectivity index (χ2n) is 6.03. The van der Waals surface area contributed by atoms with Crippen LogP contribution >= 0.6 is 11.3 Å². The van der Waals surface area contributed by atoms with Crippen molar-refractivity contribution in [3.05, 3.63) is 41.7 Å². The number of thiophene rings is 1. The summed E-state index contributed by atoms with van der Waals surface area (Å²) in [6, 6.07) is 3.80. The highest BCUT2D eigenvalue weighted by atomic mass is 32.1. The molecule has 0 fully saturated rings. The number of rotatable bonds is 5. The van der Waals surface area contributed by atoms with Crippen LogP contribution in [0.4, 0.5) is 5.69 Å². The predicted octanol–water partition coefficient (Wildman–Crippen LogP) is 2.42. The number of amides is 1. The average Bonchev–Trinajstić information content (AvgIpc) is 3.26. The van der Waals surface area contributed by atoms with Crippen LogP contribution in [0.5, 0.6) is 0 Å². The Labute approximate surface area is 147 Å². The van der Waals surface area contributed by atoms with Gasteiger partial charge in [0.05, 0.1) is 22.3 Å². The molecule has 3 aromatic rings. The van der Waals surface area contributed by atoms with E-state index in [2.05, 4.69) is 15.5 Å². The van der Waals surface area contributed by atoms with E-state index in [4.69, 9.17) is 0 Å². The van der Waals surface area contributed by atoms with E-state index in [0.29, 0.717) is 16.9 Å². The summed E-state index contributed by atoms with van der Waals surface area (Å²) in [6.45, 7) is 3.06. The van der Waals surface area contributed by atoms with Gasteiger partial charge in [0.25, 0.3) is 5.91 Å². The lowest BCUT2D eigenvalue weighted by Gasteiger charge is -2.19. The highest BCUT2D eigenvalue weighted by molar-refractivity contribution is 7.13. The second-order valence-corrected chi connectivity index (χ2v) is 6.98. The van der Waals surface area contributed by atoms with Gasteiger partial charge in [-0.2, -0.15) is 10.2 Å². The van der Waals surface area contributed by atoms with E-state index in [1.54, 1.807) is 17.9 Å². The number of aromatic nitrogens is 4. The molecule has 0 saturated heterocycles. The minimum Gasteiger partial charge on any atom is -0.479 e. The van der Waals surface area contributed by atoms with Crippen molar-refractivity contribution in [1.82, 2.24) is 19.6 Å². The Bertz CT molecular complexity index is 924. The van der Waals surface area contributed by atoms with Crippen molar-refractivity contribution in [2.75, 3.05) is 5.32 Å². The zero-order valence-corrected chi connectivity index (χ0v) is 14.7. The molecule has 0 radical (unpaired) electrons. The number of carboxylic acid groups (broad SMARTS) is 1. The summed E-state index contributed by atoms with van der Waals surface area (Å²) < 4.78 is 2.88. The second kappa shape index (κ2) is 6.17. The van der Waals surface area contributed by atoms with Crippen molar-refractivity contribution in [1.29, 1.82) is 0 Å². The largest absolute Gasteiger partial charge is 0.479 e. The number of carboxylic acids is 1. The van der Waals surface area contributed by atoms with E-state index in [1.807, 2.05) is 17.5 Å². The summed E-state index contributed by atoms with van der Waals surface area (Å²) in [4.78, 5) is 24.8. The number of hydrogen-bond acceptors (Lipinski definition) is 5. The summed E-state index contributed by atoms with van der Waals surface area (Å²) in [7, 11) is 1.75. The number of aryl methyl sites for hydroxylation is 1. The first-order valence-electron chi connectivity index (χ1n) is 7.46. The molecule has 2 N–H and O–H groups in total. The fraction of sp³-hybridized carbons (Fsp3) is 0.250. The molecule has 8 nitrogen and oxygen atoms in total. The Morgan fingerprint density at radius 3 is 2.72 bits per heavy atom. The third-order valence-electron chi connectivity index (χ3n) is 3.76. The molecule has 0 aliphatic heterocycles. The first-order chi connectivity index (χ1) is 11.8. The maximum Gasteiger partial charge on any atom is 0.331 e. The van der Waals surface area contributed by atoms with Crippen molar-refractivity contribution in [3.63, 3.8) is 0 Å². The normalized spacial score (nSPS) is 11.5. The molecule has 0 aliphatic rings. The zero-order chi connectivity index (χ0) is 18.2. The SMILES string of the molecule is Cn1cc(C(=O)Nc2cnn(C(C)(C)C(=O)O)c2)c(-c2cccs2)n1. The minimum absolute atomic E-state index is 0.329. The Morgan fingerprint density at radius 2 is 2.08 bits per heavy atom. The fourth-order valence-corrected chi connectivity index (χ4v) is 2.96. The van der Waals surface area contributed by atoms with Gasteiger partial charge >= 0.3 is 5.97 Å². The number of aliphatic carboxylic acids is 1. The minimum atomic E-state index is -1.21. The third kappa shape index (κ3) is 3.18. The van der Waals surface area contributed by atoms with Gasteiger partial charge in [0.1, 0.15) is 5.69 Å². The Hall–Kier alpha value is -2.94. The van der Waals surface area contributed by atoms with Gasteiger partial charge in [-0.15, -0.1) is 11.3 Å². The Kier molecular flexibility index (Phi) is 4.17. The van der Waals surface area contributed by atoms with Crippen LogP contribution < -0.4 is 5.32 Å². The van der Waals surface area contributed by atoms with Gasteiger partial charge < -0.3 is 10.4 Å². The van der Waals surface area contributed by atoms with Gasteiger partial charge in [-0.1, -0.05) is 6.07 Å². The third-order valence-corrected chi connectivity index (χ3v) is 4.64. The van der Waals surface area contributed by atoms with Crippen molar-refractivity contribution < 1.29 is 14.7 Å². The van der Waals surface area contributed by atoms with Crippen LogP contribution in [0.15, 0.2) is 36.1 Å². The summed E-state index contributed by atoms with van der Waals surface area (Å²) in [5.74, 6) is -1.34. The molecule has 0 unspecified atom stereocenters. The van der Waals surface area contributed by atoms with Crippen LogP contribution in [-0.4, -0.2) is 36.5 Å². The van der Waals surface area contributed by atoms with E-state index >= 15 is 0 Å². The molecule has 0 aliphatic carbocycles. The highest BCUT2D eigenvalue weighted by Crippen LogP contribution is 2.27. The monoisotopic (exact) mass is 359 g/mol. The lowest BCUT2D eigenvalue weighted by atomic mass is 10.1. The van der Waals surface area contributed by atoms with Crippen molar-refractivity contribution >= 4 is 28.9 Å². The van der Waals surface area contributed by atoms with Gasteiger partial charge in [0, 0.05) is 19.4 Å². The van der Waals surface area contributed by atoms with Crippen LogP contribution in [0.3, 0.4) is 0 Å². The van der Waals surface area contributed by atoms with Gasteiger partial charge in [-0.3, -0.25) is 14.2 Å². The standard InChI is InChI=1S/C16H17N5O3S/c1-16(2,15(23)24)21-8-10(7-17-21)18-14(22)11-9-20(3)19-13(11)12-5-4-6-25-12/h4-9H,1-3H3,(H,18,22)(H,23,24). The van der Waals surface area contributed by atoms with E-state index in [9.17, 15) is 14.7 Å². The molecule has 0 aromatic carbocycles. The molecule has 25 heavy (non-hydrogen) atoms. The lowest BCUT2D eigenvalue weighted by molar-refractivity contribution is -0.146. The number of nitrogens with zero attached hydrogens (tertiary/aromatic N) is 4. The fourth-order valence-electron chi connectivity index (χ4n) is 2.24. The predicted molar refractivity (Wildman–Crippen MR) is 93.7 cm³/mol. The van der Waals surface area contributed by atoms with Crippen LogP contribution in [0.25, 0.3) is 10.6 Å². The first kappa shape index (κ1) is 16.9. The van der Waals surface area contributed by atoms with Crippen LogP contribution in [-0.2, 0) is 17.4 Å². The molecule has 0 bridgehead atoms. The van der Waals surface area contributed by atoms with Crippen LogP contribution in [0.1, 0.15) is 24.2 Å². The van der Waals surface area contributed by atoms with Gasteiger partial charge in [-0.05, 0) is 25.3 Å². The summed E-state index contributed by atoms with van der Waals surface area (Å²) >= 11 is 1.50. The Morgan fingerprint density at radius 1 is 1.32 bits per heavy atom. The number of hydrogen-bond donors (Lipinski definition) is 2. The average molecular weight is 359 g/mol. The van der Waals surface area contributed by atoms with Crippen molar-refractivity contribution in [2.24, 2.45) is 7.05 Å². The maximum absolute atomic E-state index is 12.6. The van der Waals surface area contributed by atoms with Gasteiger partial charge in [-0.25, -0.2) is 4.79 Å². The number of nitrogens with one attached hydrogen (secondary N) is 1. The van der Waals surface area contributed by atoms with Crippen molar-refractivity contribution in [3.8, 4) is 10.6 Å². The van der Waals surface area contributed by atoms with Gasteiger partial charge in [0.2, 0.25) is 0 Å². The van der Waals surface area contributed by atoms with E-state index < -0.39 is 11.5 Å². The van der Waals surface area contributed by atoms with Crippen LogP contribution in [0, 0.1) is 0 Å². The zero-order valence-electron chi connectivity index (χ0n) is 13.9. The molecule has 3 rings (SSSR count). The topological polar surface area (TPSA) is 102 Å². The quantitative estimate of drug-likeness (QED) is 0.728. The molecule has 3 aromatic heterocycles. The van der Waals surface area contributed by atoms with E-state index in [1.165, 1.54) is 42.3 Å². The van der Waals surface area contributed by atoms with Crippen LogP contribution in [0.2, 0.25) is 0 Å². The summed E-state index contributed by atoms with van der Waals surface area (Å²) in [6.07, 6.45) is 4.56. The molecule has 9 heteroatoms. The summed E-state index contributed by atoms with van der Waals surface area (Å²) in [5, 5.41) is 22.3. The smallest absolute Gasteiger partial charge is 0.331 e. The van der Waals surface area contributed by atoms with E-state index in [0.717, 1.165) is 4.88 Å². The first-order valence-corrected chi connectivity index (χ1v) is 8.34. The molecular weight excluding hydrogens is 342 g/mol. The number of carbonyl (C=O) groups is 2. The maximum atomic E-state index is 12.6.